The van der Waals surface area contributed by atoms with Crippen LogP contribution >= 0.6 is 0 Å². The molecule has 0 fully saturated rings. The minimum Gasteiger partial charge on any atom is -0.333 e. The SMILES string of the molecule is CC(C)(C)NCc1cncn1CCc1cccnc1. The zero-order valence-electron chi connectivity index (χ0n) is 11.9. The van der Waals surface area contributed by atoms with E-state index in [0.717, 1.165) is 19.5 Å². The largest absolute Gasteiger partial charge is 0.333 e. The Hall–Kier alpha value is -1.68. The Morgan fingerprint density at radius 1 is 1.21 bits per heavy atom. The molecule has 0 unspecified atom stereocenters. The fourth-order valence-corrected chi connectivity index (χ4v) is 1.85. The maximum absolute atomic E-state index is 4.24. The molecule has 2 aromatic rings. The summed E-state index contributed by atoms with van der Waals surface area (Å²) in [4.78, 5) is 8.38. The average Bonchev–Trinajstić information content (AvgIpc) is 2.82. The predicted molar refractivity (Wildman–Crippen MR) is 76.8 cm³/mol. The smallest absolute Gasteiger partial charge is 0.0948 e. The van der Waals surface area contributed by atoms with Crippen molar-refractivity contribution >= 4 is 0 Å². The summed E-state index contributed by atoms with van der Waals surface area (Å²) < 4.78 is 2.20. The molecule has 1 N–H and O–H groups in total. The van der Waals surface area contributed by atoms with Gasteiger partial charge in [0.15, 0.2) is 0 Å². The van der Waals surface area contributed by atoms with Gasteiger partial charge in [0.25, 0.3) is 0 Å². The summed E-state index contributed by atoms with van der Waals surface area (Å²) in [7, 11) is 0. The van der Waals surface area contributed by atoms with E-state index in [2.05, 4.69) is 46.7 Å². The van der Waals surface area contributed by atoms with Gasteiger partial charge in [-0.25, -0.2) is 4.98 Å². The Labute approximate surface area is 114 Å². The number of nitrogens with one attached hydrogen (secondary N) is 1. The molecule has 0 radical (unpaired) electrons. The maximum atomic E-state index is 4.24. The van der Waals surface area contributed by atoms with Gasteiger partial charge in [-0.15, -0.1) is 0 Å². The molecule has 0 aliphatic heterocycles. The number of imidazole rings is 1. The summed E-state index contributed by atoms with van der Waals surface area (Å²) in [6.07, 6.45) is 8.54. The number of pyridine rings is 1. The van der Waals surface area contributed by atoms with Crippen molar-refractivity contribution in [2.75, 3.05) is 0 Å². The highest BCUT2D eigenvalue weighted by atomic mass is 15.1. The van der Waals surface area contributed by atoms with Crippen LogP contribution in [-0.4, -0.2) is 20.1 Å². The first-order chi connectivity index (χ1) is 9.04. The fraction of sp³-hybridized carbons (Fsp3) is 0.467. The summed E-state index contributed by atoms with van der Waals surface area (Å²) in [5, 5.41) is 3.49. The van der Waals surface area contributed by atoms with Crippen LogP contribution in [0.25, 0.3) is 0 Å². The maximum Gasteiger partial charge on any atom is 0.0948 e. The van der Waals surface area contributed by atoms with E-state index >= 15 is 0 Å². The lowest BCUT2D eigenvalue weighted by Crippen LogP contribution is -2.35. The van der Waals surface area contributed by atoms with Crippen molar-refractivity contribution in [2.45, 2.75) is 45.8 Å². The molecule has 0 spiro atoms. The minimum absolute atomic E-state index is 0.123. The van der Waals surface area contributed by atoms with Crippen LogP contribution in [0.2, 0.25) is 0 Å². The number of aryl methyl sites for hydroxylation is 2. The van der Waals surface area contributed by atoms with Crippen molar-refractivity contribution < 1.29 is 0 Å². The molecular weight excluding hydrogens is 236 g/mol. The highest BCUT2D eigenvalue weighted by Crippen LogP contribution is 2.06. The van der Waals surface area contributed by atoms with Crippen LogP contribution in [0, 0.1) is 0 Å². The number of nitrogens with zero attached hydrogens (tertiary/aromatic N) is 3. The van der Waals surface area contributed by atoms with Gasteiger partial charge >= 0.3 is 0 Å². The molecule has 4 nitrogen and oxygen atoms in total. The zero-order chi connectivity index (χ0) is 13.7. The van der Waals surface area contributed by atoms with Crippen molar-refractivity contribution in [2.24, 2.45) is 0 Å². The van der Waals surface area contributed by atoms with Crippen LogP contribution in [0.4, 0.5) is 0 Å². The molecule has 2 rings (SSSR count). The van der Waals surface area contributed by atoms with Crippen molar-refractivity contribution in [1.82, 2.24) is 19.9 Å². The second-order valence-corrected chi connectivity index (χ2v) is 5.79. The number of rotatable bonds is 5. The van der Waals surface area contributed by atoms with Gasteiger partial charge in [-0.05, 0) is 38.8 Å². The lowest BCUT2D eigenvalue weighted by atomic mass is 10.1. The standard InChI is InChI=1S/C15H22N4/c1-15(2,3)18-11-14-10-17-12-19(14)8-6-13-5-4-7-16-9-13/h4-5,7,9-10,12,18H,6,8,11H2,1-3H3. The summed E-state index contributed by atoms with van der Waals surface area (Å²) in [6, 6.07) is 4.09. The van der Waals surface area contributed by atoms with Gasteiger partial charge in [0.1, 0.15) is 0 Å². The summed E-state index contributed by atoms with van der Waals surface area (Å²) in [5.74, 6) is 0. The zero-order valence-corrected chi connectivity index (χ0v) is 11.9. The van der Waals surface area contributed by atoms with Gasteiger partial charge in [-0.1, -0.05) is 6.07 Å². The third-order valence-corrected chi connectivity index (χ3v) is 2.96. The van der Waals surface area contributed by atoms with E-state index < -0.39 is 0 Å². The summed E-state index contributed by atoms with van der Waals surface area (Å²) >= 11 is 0. The lowest BCUT2D eigenvalue weighted by molar-refractivity contribution is 0.415. The third kappa shape index (κ3) is 4.48. The number of hydrogen-bond donors (Lipinski definition) is 1. The molecule has 0 aliphatic rings. The molecule has 19 heavy (non-hydrogen) atoms. The molecule has 4 heteroatoms. The first kappa shape index (κ1) is 13.7. The second-order valence-electron chi connectivity index (χ2n) is 5.79. The second kappa shape index (κ2) is 5.97. The molecule has 0 saturated heterocycles. The Balaban J connectivity index is 1.92. The van der Waals surface area contributed by atoms with Crippen molar-refractivity contribution in [3.8, 4) is 0 Å². The lowest BCUT2D eigenvalue weighted by Gasteiger charge is -2.21. The van der Waals surface area contributed by atoms with Crippen molar-refractivity contribution in [1.29, 1.82) is 0 Å². The molecule has 0 aliphatic carbocycles. The molecular formula is C15H22N4. The minimum atomic E-state index is 0.123. The van der Waals surface area contributed by atoms with Crippen molar-refractivity contribution in [3.05, 3.63) is 48.3 Å². The van der Waals surface area contributed by atoms with Crippen LogP contribution < -0.4 is 5.32 Å². The Morgan fingerprint density at radius 3 is 2.74 bits per heavy atom. The highest BCUT2D eigenvalue weighted by molar-refractivity contribution is 5.09. The van der Waals surface area contributed by atoms with E-state index in [0.29, 0.717) is 0 Å². The van der Waals surface area contributed by atoms with Crippen LogP contribution in [0.5, 0.6) is 0 Å². The van der Waals surface area contributed by atoms with E-state index in [-0.39, 0.29) is 5.54 Å². The third-order valence-electron chi connectivity index (χ3n) is 2.96. The van der Waals surface area contributed by atoms with Gasteiger partial charge in [-0.2, -0.15) is 0 Å². The summed E-state index contributed by atoms with van der Waals surface area (Å²) in [5.41, 5.74) is 2.60. The Morgan fingerprint density at radius 2 is 2.05 bits per heavy atom. The molecule has 0 atom stereocenters. The van der Waals surface area contributed by atoms with Crippen molar-refractivity contribution in [3.63, 3.8) is 0 Å². The molecule has 0 aromatic carbocycles. The van der Waals surface area contributed by atoms with E-state index in [4.69, 9.17) is 0 Å². The molecule has 102 valence electrons. The first-order valence-corrected chi connectivity index (χ1v) is 6.67. The quantitative estimate of drug-likeness (QED) is 0.895. The molecule has 2 heterocycles. The van der Waals surface area contributed by atoms with E-state index in [1.807, 2.05) is 24.8 Å². The average molecular weight is 258 g/mol. The molecule has 0 bridgehead atoms. The van der Waals surface area contributed by atoms with Gasteiger partial charge in [0.2, 0.25) is 0 Å². The Bertz CT molecular complexity index is 496. The number of aromatic nitrogens is 3. The van der Waals surface area contributed by atoms with Gasteiger partial charge < -0.3 is 9.88 Å². The topological polar surface area (TPSA) is 42.7 Å². The monoisotopic (exact) mass is 258 g/mol. The van der Waals surface area contributed by atoms with Gasteiger partial charge in [-0.3, -0.25) is 4.98 Å². The van der Waals surface area contributed by atoms with Gasteiger partial charge in [0, 0.05) is 37.2 Å². The van der Waals surface area contributed by atoms with Crippen LogP contribution in [0.1, 0.15) is 32.0 Å². The van der Waals surface area contributed by atoms with Gasteiger partial charge in [0.05, 0.1) is 12.0 Å². The molecule has 0 saturated carbocycles. The van der Waals surface area contributed by atoms with Crippen LogP contribution in [0.3, 0.4) is 0 Å². The normalized spacial score (nSPS) is 11.7. The number of hydrogen-bond acceptors (Lipinski definition) is 3. The summed E-state index contributed by atoms with van der Waals surface area (Å²) in [6.45, 7) is 8.29. The van der Waals surface area contributed by atoms with Crippen LogP contribution in [0.15, 0.2) is 37.1 Å². The van der Waals surface area contributed by atoms with E-state index in [1.54, 1.807) is 6.20 Å². The Kier molecular flexibility index (Phi) is 4.32. The van der Waals surface area contributed by atoms with Crippen LogP contribution in [-0.2, 0) is 19.5 Å². The predicted octanol–water partition coefficient (Wildman–Crippen LogP) is 2.41. The fourth-order valence-electron chi connectivity index (χ4n) is 1.85. The molecule has 0 amide bonds. The van der Waals surface area contributed by atoms with E-state index in [1.165, 1.54) is 11.3 Å². The van der Waals surface area contributed by atoms with E-state index in [9.17, 15) is 0 Å². The highest BCUT2D eigenvalue weighted by Gasteiger charge is 2.10. The molecule has 2 aromatic heterocycles. The first-order valence-electron chi connectivity index (χ1n) is 6.67.